The van der Waals surface area contributed by atoms with Crippen molar-refractivity contribution in [1.82, 2.24) is 4.98 Å². The predicted molar refractivity (Wildman–Crippen MR) is 64.7 cm³/mol. The topological polar surface area (TPSA) is 38.9 Å². The summed E-state index contributed by atoms with van der Waals surface area (Å²) in [6, 6.07) is 6.07. The minimum atomic E-state index is 0.424. The van der Waals surface area contributed by atoms with Crippen LogP contribution in [0.2, 0.25) is 0 Å². The third-order valence-electron chi connectivity index (χ3n) is 2.86. The molecule has 0 fully saturated rings. The van der Waals surface area contributed by atoms with Gasteiger partial charge in [-0.2, -0.15) is 0 Å². The molecule has 1 aromatic heterocycles. The molecule has 0 saturated carbocycles. The maximum Gasteiger partial charge on any atom is 0.0447 e. The van der Waals surface area contributed by atoms with Crippen LogP contribution in [0.5, 0.6) is 0 Å². The standard InChI is InChI=1S/C13H22N2/c1-3-6-11(2)9-12(10-14)13-7-4-5-8-15-13/h4-5,7-8,11-12H,3,6,9-10,14H2,1-2H3/t11-,12-/m1/s1. The fraction of sp³-hybridized carbons (Fsp3) is 0.615. The number of rotatable bonds is 6. The minimum Gasteiger partial charge on any atom is -0.330 e. The van der Waals surface area contributed by atoms with Crippen LogP contribution >= 0.6 is 0 Å². The number of hydrogen-bond acceptors (Lipinski definition) is 2. The highest BCUT2D eigenvalue weighted by Crippen LogP contribution is 2.23. The molecule has 0 saturated heterocycles. The van der Waals surface area contributed by atoms with Crippen molar-refractivity contribution < 1.29 is 0 Å². The summed E-state index contributed by atoms with van der Waals surface area (Å²) in [4.78, 5) is 4.38. The van der Waals surface area contributed by atoms with Gasteiger partial charge in [0.1, 0.15) is 0 Å². The maximum atomic E-state index is 5.81. The second-order valence-electron chi connectivity index (χ2n) is 4.32. The maximum absolute atomic E-state index is 5.81. The Labute approximate surface area is 92.9 Å². The largest absolute Gasteiger partial charge is 0.330 e. The summed E-state index contributed by atoms with van der Waals surface area (Å²) in [6.45, 7) is 5.23. The number of nitrogens with two attached hydrogens (primary N) is 1. The van der Waals surface area contributed by atoms with E-state index in [1.54, 1.807) is 0 Å². The Bertz CT molecular complexity index is 258. The lowest BCUT2D eigenvalue weighted by atomic mass is 9.90. The molecule has 0 aliphatic heterocycles. The fourth-order valence-corrected chi connectivity index (χ4v) is 2.05. The Balaban J connectivity index is 2.56. The smallest absolute Gasteiger partial charge is 0.0447 e. The number of pyridine rings is 1. The third-order valence-corrected chi connectivity index (χ3v) is 2.86. The van der Waals surface area contributed by atoms with Gasteiger partial charge in [-0.15, -0.1) is 0 Å². The van der Waals surface area contributed by atoms with E-state index < -0.39 is 0 Å². The van der Waals surface area contributed by atoms with Gasteiger partial charge in [0.25, 0.3) is 0 Å². The van der Waals surface area contributed by atoms with Crippen molar-refractivity contribution in [3.63, 3.8) is 0 Å². The molecule has 0 bridgehead atoms. The van der Waals surface area contributed by atoms with Gasteiger partial charge in [-0.1, -0.05) is 32.8 Å². The van der Waals surface area contributed by atoms with Crippen molar-refractivity contribution in [2.75, 3.05) is 6.54 Å². The first-order chi connectivity index (χ1) is 7.27. The first-order valence-electron chi connectivity index (χ1n) is 5.88. The van der Waals surface area contributed by atoms with Crippen molar-refractivity contribution in [3.05, 3.63) is 30.1 Å². The highest BCUT2D eigenvalue weighted by molar-refractivity contribution is 5.09. The van der Waals surface area contributed by atoms with Gasteiger partial charge >= 0.3 is 0 Å². The first-order valence-corrected chi connectivity index (χ1v) is 5.88. The van der Waals surface area contributed by atoms with E-state index in [1.807, 2.05) is 18.3 Å². The molecule has 0 amide bonds. The zero-order chi connectivity index (χ0) is 11.1. The summed E-state index contributed by atoms with van der Waals surface area (Å²) in [6.07, 6.45) is 5.54. The lowest BCUT2D eigenvalue weighted by Gasteiger charge is -2.18. The van der Waals surface area contributed by atoms with E-state index in [1.165, 1.54) is 12.8 Å². The zero-order valence-corrected chi connectivity index (χ0v) is 9.82. The molecule has 0 aliphatic rings. The van der Waals surface area contributed by atoms with Crippen molar-refractivity contribution in [2.45, 2.75) is 39.0 Å². The molecule has 0 radical (unpaired) electrons. The summed E-state index contributed by atoms with van der Waals surface area (Å²) in [5.74, 6) is 1.17. The van der Waals surface area contributed by atoms with Gasteiger partial charge in [0.15, 0.2) is 0 Å². The summed E-state index contributed by atoms with van der Waals surface area (Å²) < 4.78 is 0. The van der Waals surface area contributed by atoms with Gasteiger partial charge in [-0.05, 0) is 24.5 Å². The Morgan fingerprint density at radius 1 is 1.40 bits per heavy atom. The van der Waals surface area contributed by atoms with Crippen LogP contribution in [0.4, 0.5) is 0 Å². The molecule has 0 aromatic carbocycles. The highest BCUT2D eigenvalue weighted by atomic mass is 14.7. The van der Waals surface area contributed by atoms with E-state index in [4.69, 9.17) is 5.73 Å². The van der Waals surface area contributed by atoms with Gasteiger partial charge in [0, 0.05) is 24.4 Å². The zero-order valence-electron chi connectivity index (χ0n) is 9.82. The predicted octanol–water partition coefficient (Wildman–Crippen LogP) is 2.95. The van der Waals surface area contributed by atoms with Crippen LogP contribution in [0, 0.1) is 5.92 Å². The Morgan fingerprint density at radius 2 is 2.20 bits per heavy atom. The number of hydrogen-bond donors (Lipinski definition) is 1. The lowest BCUT2D eigenvalue weighted by Crippen LogP contribution is -2.16. The van der Waals surface area contributed by atoms with Crippen LogP contribution in [-0.4, -0.2) is 11.5 Å². The van der Waals surface area contributed by atoms with Gasteiger partial charge in [-0.3, -0.25) is 4.98 Å². The molecule has 2 nitrogen and oxygen atoms in total. The molecule has 1 heterocycles. The van der Waals surface area contributed by atoms with Crippen LogP contribution in [0.15, 0.2) is 24.4 Å². The van der Waals surface area contributed by atoms with Crippen molar-refractivity contribution in [3.8, 4) is 0 Å². The quantitative estimate of drug-likeness (QED) is 0.777. The highest BCUT2D eigenvalue weighted by Gasteiger charge is 2.14. The Kier molecular flexibility index (Phi) is 5.33. The van der Waals surface area contributed by atoms with E-state index in [0.717, 1.165) is 18.0 Å². The first kappa shape index (κ1) is 12.2. The van der Waals surface area contributed by atoms with Gasteiger partial charge in [-0.25, -0.2) is 0 Å². The molecular weight excluding hydrogens is 184 g/mol. The molecular formula is C13H22N2. The van der Waals surface area contributed by atoms with Gasteiger partial charge in [0.05, 0.1) is 0 Å². The van der Waals surface area contributed by atoms with Crippen LogP contribution in [0.1, 0.15) is 44.7 Å². The fourth-order valence-electron chi connectivity index (χ4n) is 2.05. The molecule has 0 unspecified atom stereocenters. The minimum absolute atomic E-state index is 0.424. The molecule has 2 heteroatoms. The van der Waals surface area contributed by atoms with Crippen LogP contribution in [0.25, 0.3) is 0 Å². The second-order valence-corrected chi connectivity index (χ2v) is 4.32. The lowest BCUT2D eigenvalue weighted by molar-refractivity contribution is 0.433. The Hall–Kier alpha value is -0.890. The van der Waals surface area contributed by atoms with Gasteiger partial charge in [0.2, 0.25) is 0 Å². The SMILES string of the molecule is CCC[C@@H](C)C[C@H](CN)c1ccccn1. The molecule has 0 aliphatic carbocycles. The monoisotopic (exact) mass is 206 g/mol. The Morgan fingerprint density at radius 3 is 2.73 bits per heavy atom. The summed E-state index contributed by atoms with van der Waals surface area (Å²) in [5, 5.41) is 0. The summed E-state index contributed by atoms with van der Waals surface area (Å²) in [7, 11) is 0. The van der Waals surface area contributed by atoms with Crippen molar-refractivity contribution in [2.24, 2.45) is 11.7 Å². The molecule has 2 N–H and O–H groups in total. The van der Waals surface area contributed by atoms with Gasteiger partial charge < -0.3 is 5.73 Å². The van der Waals surface area contributed by atoms with E-state index in [0.29, 0.717) is 12.5 Å². The molecule has 1 aromatic rings. The summed E-state index contributed by atoms with van der Waals surface area (Å²) >= 11 is 0. The average Bonchev–Trinajstić information content (AvgIpc) is 2.27. The van der Waals surface area contributed by atoms with Crippen LogP contribution in [-0.2, 0) is 0 Å². The molecule has 2 atom stereocenters. The summed E-state index contributed by atoms with van der Waals surface area (Å²) in [5.41, 5.74) is 6.95. The average molecular weight is 206 g/mol. The third kappa shape index (κ3) is 4.00. The van der Waals surface area contributed by atoms with Crippen molar-refractivity contribution >= 4 is 0 Å². The molecule has 0 spiro atoms. The number of nitrogens with zero attached hydrogens (tertiary/aromatic N) is 1. The van der Waals surface area contributed by atoms with Crippen LogP contribution in [0.3, 0.4) is 0 Å². The van der Waals surface area contributed by atoms with Crippen LogP contribution < -0.4 is 5.73 Å². The normalized spacial score (nSPS) is 14.9. The number of aromatic nitrogens is 1. The van der Waals surface area contributed by atoms with E-state index in [2.05, 4.69) is 24.9 Å². The van der Waals surface area contributed by atoms with E-state index in [9.17, 15) is 0 Å². The van der Waals surface area contributed by atoms with E-state index >= 15 is 0 Å². The molecule has 1 rings (SSSR count). The second kappa shape index (κ2) is 6.57. The molecule has 15 heavy (non-hydrogen) atoms. The molecule has 84 valence electrons. The van der Waals surface area contributed by atoms with E-state index in [-0.39, 0.29) is 0 Å². The van der Waals surface area contributed by atoms with Crippen molar-refractivity contribution in [1.29, 1.82) is 0 Å².